The van der Waals surface area contributed by atoms with Crippen LogP contribution in [0.1, 0.15) is 35.8 Å². The molecule has 1 aromatic heterocycles. The Balaban J connectivity index is 1.84. The van der Waals surface area contributed by atoms with E-state index in [2.05, 4.69) is 0 Å². The van der Waals surface area contributed by atoms with E-state index in [-0.39, 0.29) is 17.3 Å². The predicted molar refractivity (Wildman–Crippen MR) is 130 cm³/mol. The monoisotopic (exact) mass is 470 g/mol. The van der Waals surface area contributed by atoms with Crippen LogP contribution in [0.5, 0.6) is 0 Å². The molecule has 0 unspecified atom stereocenters. The fourth-order valence-corrected chi connectivity index (χ4v) is 5.50. The number of benzene rings is 2. The Morgan fingerprint density at radius 3 is 2.28 bits per heavy atom. The molecule has 0 N–H and O–H groups in total. The van der Waals surface area contributed by atoms with Gasteiger partial charge in [0.05, 0.1) is 18.0 Å². The minimum atomic E-state index is -3.77. The van der Waals surface area contributed by atoms with Crippen molar-refractivity contribution in [1.29, 1.82) is 0 Å². The first-order chi connectivity index (χ1) is 15.4. The van der Waals surface area contributed by atoms with Gasteiger partial charge in [-0.05, 0) is 42.5 Å². The van der Waals surface area contributed by atoms with Crippen LogP contribution in [0.15, 0.2) is 77.0 Å². The van der Waals surface area contributed by atoms with Crippen molar-refractivity contribution in [2.45, 2.75) is 44.7 Å². The normalized spacial score (nSPS) is 11.6. The molecule has 0 spiro atoms. The van der Waals surface area contributed by atoms with Gasteiger partial charge in [-0.1, -0.05) is 67.4 Å². The molecule has 0 atom stereocenters. The van der Waals surface area contributed by atoms with E-state index in [1.54, 1.807) is 40.5 Å². The Hall–Kier alpha value is -2.48. The minimum absolute atomic E-state index is 0.172. The number of hydrogen-bond acceptors (Lipinski definition) is 4. The summed E-state index contributed by atoms with van der Waals surface area (Å²) in [6, 6.07) is 20.5. The summed E-state index contributed by atoms with van der Waals surface area (Å²) >= 11 is 1.59. The molecule has 3 aromatic rings. The Morgan fingerprint density at radius 2 is 1.66 bits per heavy atom. The number of sulfonamides is 1. The molecule has 0 radical (unpaired) electrons. The highest BCUT2D eigenvalue weighted by molar-refractivity contribution is 7.89. The summed E-state index contributed by atoms with van der Waals surface area (Å²) in [6.45, 7) is 4.96. The van der Waals surface area contributed by atoms with Gasteiger partial charge in [0.15, 0.2) is 0 Å². The van der Waals surface area contributed by atoms with Gasteiger partial charge in [0.2, 0.25) is 15.9 Å². The minimum Gasteiger partial charge on any atom is -0.332 e. The Kier molecular flexibility index (Phi) is 8.61. The predicted octanol–water partition coefficient (Wildman–Crippen LogP) is 5.08. The number of nitrogens with zero attached hydrogens (tertiary/aromatic N) is 2. The summed E-state index contributed by atoms with van der Waals surface area (Å²) in [7, 11) is -3.77. The van der Waals surface area contributed by atoms with Crippen LogP contribution in [0.3, 0.4) is 0 Å². The Labute approximate surface area is 195 Å². The molecular formula is C25H30N2O3S2. The van der Waals surface area contributed by atoms with Gasteiger partial charge >= 0.3 is 0 Å². The molecule has 5 nitrogen and oxygen atoms in total. The zero-order valence-electron chi connectivity index (χ0n) is 18.6. The Bertz CT molecular complexity index is 1080. The summed E-state index contributed by atoms with van der Waals surface area (Å²) in [6.07, 6.45) is 1.54. The molecule has 0 saturated heterocycles. The third-order valence-corrected chi connectivity index (χ3v) is 7.95. The van der Waals surface area contributed by atoms with Crippen molar-refractivity contribution < 1.29 is 13.2 Å². The van der Waals surface area contributed by atoms with Crippen molar-refractivity contribution >= 4 is 27.3 Å². The highest BCUT2D eigenvalue weighted by atomic mass is 32.2. The lowest BCUT2D eigenvalue weighted by atomic mass is 10.2. The maximum atomic E-state index is 13.4. The van der Waals surface area contributed by atoms with Crippen molar-refractivity contribution in [3.05, 3.63) is 88.1 Å². The number of rotatable bonds is 11. The number of aryl methyl sites for hydroxylation is 1. The third-order valence-electron chi connectivity index (χ3n) is 5.23. The molecule has 7 heteroatoms. The summed E-state index contributed by atoms with van der Waals surface area (Å²) in [4.78, 5) is 16.4. The maximum Gasteiger partial charge on any atom is 0.243 e. The van der Waals surface area contributed by atoms with Crippen LogP contribution in [-0.4, -0.2) is 36.6 Å². The topological polar surface area (TPSA) is 57.7 Å². The first-order valence-electron chi connectivity index (χ1n) is 10.8. The van der Waals surface area contributed by atoms with Gasteiger partial charge in [-0.15, -0.1) is 11.3 Å². The molecule has 32 heavy (non-hydrogen) atoms. The number of amides is 1. The van der Waals surface area contributed by atoms with Gasteiger partial charge in [-0.25, -0.2) is 8.42 Å². The molecule has 0 aliphatic rings. The number of unbranched alkanes of at least 4 members (excludes halogenated alkanes) is 1. The second-order valence-electron chi connectivity index (χ2n) is 7.82. The molecule has 2 aromatic carbocycles. The SMILES string of the molecule is CCCCN(CC(=O)N(Cc1ccccc1)Cc1cccs1)S(=O)(=O)c1ccc(C)cc1. The van der Waals surface area contributed by atoms with Gasteiger partial charge < -0.3 is 4.90 Å². The first-order valence-corrected chi connectivity index (χ1v) is 13.1. The van der Waals surface area contributed by atoms with Crippen LogP contribution < -0.4 is 0 Å². The molecular weight excluding hydrogens is 440 g/mol. The van der Waals surface area contributed by atoms with Crippen molar-refractivity contribution in [2.24, 2.45) is 0 Å². The zero-order chi connectivity index (χ0) is 23.0. The summed E-state index contributed by atoms with van der Waals surface area (Å²) < 4.78 is 28.0. The van der Waals surface area contributed by atoms with Crippen LogP contribution in [-0.2, 0) is 27.9 Å². The van der Waals surface area contributed by atoms with Crippen LogP contribution in [0.2, 0.25) is 0 Å². The molecule has 0 saturated carbocycles. The first kappa shape index (κ1) is 24.2. The lowest BCUT2D eigenvalue weighted by Gasteiger charge is -2.27. The average molecular weight is 471 g/mol. The number of carbonyl (C=O) groups is 1. The van der Waals surface area contributed by atoms with Gasteiger partial charge in [0.25, 0.3) is 0 Å². The molecule has 1 heterocycles. The van der Waals surface area contributed by atoms with Gasteiger partial charge in [0.1, 0.15) is 0 Å². The second-order valence-corrected chi connectivity index (χ2v) is 10.8. The number of hydrogen-bond donors (Lipinski definition) is 0. The van der Waals surface area contributed by atoms with Gasteiger partial charge in [-0.2, -0.15) is 4.31 Å². The number of carbonyl (C=O) groups excluding carboxylic acids is 1. The van der Waals surface area contributed by atoms with E-state index in [9.17, 15) is 13.2 Å². The molecule has 0 fully saturated rings. The van der Waals surface area contributed by atoms with E-state index in [0.29, 0.717) is 26.1 Å². The van der Waals surface area contributed by atoms with E-state index in [0.717, 1.165) is 22.4 Å². The van der Waals surface area contributed by atoms with Crippen LogP contribution in [0, 0.1) is 6.92 Å². The lowest BCUT2D eigenvalue weighted by molar-refractivity contribution is -0.132. The van der Waals surface area contributed by atoms with Crippen LogP contribution in [0.4, 0.5) is 0 Å². The quantitative estimate of drug-likeness (QED) is 0.393. The molecule has 1 amide bonds. The average Bonchev–Trinajstić information content (AvgIpc) is 3.30. The summed E-state index contributed by atoms with van der Waals surface area (Å²) in [5, 5.41) is 1.98. The maximum absolute atomic E-state index is 13.4. The smallest absolute Gasteiger partial charge is 0.243 e. The summed E-state index contributed by atoms with van der Waals surface area (Å²) in [5.74, 6) is -0.200. The van der Waals surface area contributed by atoms with Crippen LogP contribution >= 0.6 is 11.3 Å². The Morgan fingerprint density at radius 1 is 0.938 bits per heavy atom. The highest BCUT2D eigenvalue weighted by Crippen LogP contribution is 2.19. The van der Waals surface area contributed by atoms with Crippen LogP contribution in [0.25, 0.3) is 0 Å². The van der Waals surface area contributed by atoms with Gasteiger partial charge in [-0.3, -0.25) is 4.79 Å². The van der Waals surface area contributed by atoms with E-state index in [1.165, 1.54) is 4.31 Å². The number of thiophene rings is 1. The van der Waals surface area contributed by atoms with E-state index in [1.807, 2.05) is 61.7 Å². The second kappa shape index (κ2) is 11.4. The molecule has 0 aliphatic heterocycles. The fraction of sp³-hybridized carbons (Fsp3) is 0.320. The van der Waals surface area contributed by atoms with E-state index in [4.69, 9.17) is 0 Å². The van der Waals surface area contributed by atoms with Gasteiger partial charge in [0, 0.05) is 18.0 Å². The van der Waals surface area contributed by atoms with Crippen molar-refractivity contribution in [1.82, 2.24) is 9.21 Å². The lowest BCUT2D eigenvalue weighted by Crippen LogP contribution is -2.42. The van der Waals surface area contributed by atoms with Crippen molar-refractivity contribution in [2.75, 3.05) is 13.1 Å². The fourth-order valence-electron chi connectivity index (χ4n) is 3.36. The molecule has 0 bridgehead atoms. The van der Waals surface area contributed by atoms with E-state index < -0.39 is 10.0 Å². The highest BCUT2D eigenvalue weighted by Gasteiger charge is 2.28. The molecule has 3 rings (SSSR count). The van der Waals surface area contributed by atoms with Crippen molar-refractivity contribution in [3.63, 3.8) is 0 Å². The van der Waals surface area contributed by atoms with E-state index >= 15 is 0 Å². The molecule has 170 valence electrons. The van der Waals surface area contributed by atoms with Crippen molar-refractivity contribution in [3.8, 4) is 0 Å². The zero-order valence-corrected chi connectivity index (χ0v) is 20.2. The standard InChI is InChI=1S/C25H30N2O3S2/c1-3-4-16-27(32(29,30)24-14-12-21(2)13-15-24)20-25(28)26(19-23-11-8-17-31-23)18-22-9-6-5-7-10-22/h5-15,17H,3-4,16,18-20H2,1-2H3. The summed E-state index contributed by atoms with van der Waals surface area (Å²) in [5.41, 5.74) is 2.00. The molecule has 0 aliphatic carbocycles. The third kappa shape index (κ3) is 6.51. The largest absolute Gasteiger partial charge is 0.332 e.